The second-order valence-corrected chi connectivity index (χ2v) is 7.74. The van der Waals surface area contributed by atoms with Crippen LogP contribution in [0.25, 0.3) is 5.83 Å². The molecule has 0 heterocycles. The van der Waals surface area contributed by atoms with Gasteiger partial charge in [0.25, 0.3) is 0 Å². The molecule has 12 heteroatoms. The Labute approximate surface area is 192 Å². The van der Waals surface area contributed by atoms with Crippen LogP contribution < -0.4 is 5.32 Å². The molecule has 174 valence electrons. The van der Waals surface area contributed by atoms with E-state index in [0.29, 0.717) is 6.07 Å². The first kappa shape index (κ1) is 26.4. The quantitative estimate of drug-likeness (QED) is 0.239. The molecule has 0 amide bonds. The molecule has 2 rings (SSSR count). The molecule has 0 saturated heterocycles. The first-order chi connectivity index (χ1) is 14.7. The van der Waals surface area contributed by atoms with Crippen molar-refractivity contribution in [3.05, 3.63) is 73.7 Å². The lowest BCUT2D eigenvalue weighted by atomic mass is 9.95. The van der Waals surface area contributed by atoms with Gasteiger partial charge < -0.3 is 5.32 Å². The predicted molar refractivity (Wildman–Crippen MR) is 109 cm³/mol. The van der Waals surface area contributed by atoms with Crippen molar-refractivity contribution in [2.75, 3.05) is 13.6 Å². The number of hydrogen-bond acceptors (Lipinski definition) is 2. The Kier molecular flexibility index (Phi) is 8.25. The average molecular weight is 523 g/mol. The highest BCUT2D eigenvalue weighted by Gasteiger charge is 2.41. The fraction of sp³-hybridized carbons (Fsp3) is 0.250. The van der Waals surface area contributed by atoms with Crippen LogP contribution in [0.4, 0.5) is 30.7 Å². The van der Waals surface area contributed by atoms with E-state index in [9.17, 15) is 35.5 Å². The summed E-state index contributed by atoms with van der Waals surface area (Å²) in [5.74, 6) is -5.10. The van der Waals surface area contributed by atoms with Gasteiger partial charge in [-0.05, 0) is 36.9 Å². The molecular formula is C20H13Cl3F7NO. The number of benzene rings is 2. The third kappa shape index (κ3) is 6.15. The van der Waals surface area contributed by atoms with E-state index in [1.807, 2.05) is 0 Å². The van der Waals surface area contributed by atoms with Crippen molar-refractivity contribution in [2.45, 2.75) is 18.3 Å². The molecule has 0 fully saturated rings. The SMILES string of the molecule is CNCC(=O)c1ccc(/C(F)=C/C(c2cc(Cl)c(Cl)c(Cl)c2)C(F)(F)F)cc1C(F)(F)F. The van der Waals surface area contributed by atoms with Crippen LogP contribution in [-0.4, -0.2) is 25.6 Å². The molecular weight excluding hydrogens is 510 g/mol. The number of allylic oxidation sites excluding steroid dienone is 1. The van der Waals surface area contributed by atoms with E-state index >= 15 is 0 Å². The summed E-state index contributed by atoms with van der Waals surface area (Å²) in [4.78, 5) is 11.9. The summed E-state index contributed by atoms with van der Waals surface area (Å²) in [6.07, 6.45) is -9.98. The lowest BCUT2D eigenvalue weighted by molar-refractivity contribution is -0.140. The molecule has 0 aliphatic heterocycles. The molecule has 0 aliphatic rings. The summed E-state index contributed by atoms with van der Waals surface area (Å²) < 4.78 is 95.8. The van der Waals surface area contributed by atoms with Crippen LogP contribution in [0.1, 0.15) is 33.0 Å². The topological polar surface area (TPSA) is 29.1 Å². The van der Waals surface area contributed by atoms with Crippen molar-refractivity contribution in [2.24, 2.45) is 0 Å². The number of hydrogen-bond donors (Lipinski definition) is 1. The van der Waals surface area contributed by atoms with Crippen molar-refractivity contribution in [3.63, 3.8) is 0 Å². The van der Waals surface area contributed by atoms with Crippen molar-refractivity contribution >= 4 is 46.4 Å². The van der Waals surface area contributed by atoms with Gasteiger partial charge in [-0.2, -0.15) is 26.3 Å². The largest absolute Gasteiger partial charge is 0.417 e. The lowest BCUT2D eigenvalue weighted by Crippen LogP contribution is -2.22. The lowest BCUT2D eigenvalue weighted by Gasteiger charge is -2.19. The minimum absolute atomic E-state index is 0.0977. The predicted octanol–water partition coefficient (Wildman–Crippen LogP) is 7.72. The van der Waals surface area contributed by atoms with E-state index < -0.39 is 58.7 Å². The maximum atomic E-state index is 14.7. The van der Waals surface area contributed by atoms with Gasteiger partial charge in [0.15, 0.2) is 5.78 Å². The normalized spacial score (nSPS) is 13.9. The van der Waals surface area contributed by atoms with E-state index in [4.69, 9.17) is 34.8 Å². The third-order valence-corrected chi connectivity index (χ3v) is 5.47. The number of likely N-dealkylation sites (N-methyl/N-ethyl adjacent to an activating group) is 1. The van der Waals surface area contributed by atoms with Gasteiger partial charge in [0.2, 0.25) is 0 Å². The molecule has 0 radical (unpaired) electrons. The van der Waals surface area contributed by atoms with Gasteiger partial charge in [0, 0.05) is 11.1 Å². The molecule has 2 aromatic rings. The number of ketones is 1. The molecule has 2 aromatic carbocycles. The molecule has 0 bridgehead atoms. The van der Waals surface area contributed by atoms with Crippen LogP contribution in [0, 0.1) is 0 Å². The van der Waals surface area contributed by atoms with Gasteiger partial charge in [-0.25, -0.2) is 4.39 Å². The van der Waals surface area contributed by atoms with E-state index in [0.717, 1.165) is 18.2 Å². The van der Waals surface area contributed by atoms with E-state index in [1.54, 1.807) is 0 Å². The molecule has 1 N–H and O–H groups in total. The van der Waals surface area contributed by atoms with E-state index in [2.05, 4.69) is 5.32 Å². The summed E-state index contributed by atoms with van der Waals surface area (Å²) in [5.41, 5.74) is -3.57. The van der Waals surface area contributed by atoms with Crippen molar-refractivity contribution in [1.29, 1.82) is 0 Å². The van der Waals surface area contributed by atoms with E-state index in [1.165, 1.54) is 7.05 Å². The van der Waals surface area contributed by atoms with Gasteiger partial charge in [-0.15, -0.1) is 0 Å². The zero-order chi connectivity index (χ0) is 24.4. The monoisotopic (exact) mass is 521 g/mol. The number of carbonyl (C=O) groups excluding carboxylic acids is 1. The van der Waals surface area contributed by atoms with Crippen LogP contribution in [0.2, 0.25) is 15.1 Å². The summed E-state index contributed by atoms with van der Waals surface area (Å²) >= 11 is 17.2. The van der Waals surface area contributed by atoms with Gasteiger partial charge in [0.05, 0.1) is 27.2 Å². The average Bonchev–Trinajstić information content (AvgIpc) is 2.67. The minimum atomic E-state index is -5.05. The Morgan fingerprint density at radius 3 is 2.06 bits per heavy atom. The van der Waals surface area contributed by atoms with Crippen molar-refractivity contribution in [3.8, 4) is 0 Å². The Morgan fingerprint density at radius 1 is 1.03 bits per heavy atom. The Hall–Kier alpha value is -1.81. The molecule has 0 aromatic heterocycles. The molecule has 0 aliphatic carbocycles. The summed E-state index contributed by atoms with van der Waals surface area (Å²) in [5, 5.41) is 1.56. The number of rotatable bonds is 6. The van der Waals surface area contributed by atoms with Gasteiger partial charge in [0.1, 0.15) is 11.7 Å². The standard InChI is InChI=1S/C20H13Cl3F7NO/c1-31-8-17(32)11-3-2-9(4-13(11)20(28,29)30)16(24)7-12(19(25,26)27)10-5-14(21)18(23)15(22)6-10/h2-7,12,31H,8H2,1H3/b16-7-. The Bertz CT molecular complexity index is 1030. The van der Waals surface area contributed by atoms with Gasteiger partial charge >= 0.3 is 12.4 Å². The fourth-order valence-corrected chi connectivity index (χ4v) is 3.42. The van der Waals surface area contributed by atoms with Crippen LogP contribution in [-0.2, 0) is 6.18 Å². The first-order valence-corrected chi connectivity index (χ1v) is 9.78. The minimum Gasteiger partial charge on any atom is -0.313 e. The van der Waals surface area contributed by atoms with Crippen LogP contribution in [0.5, 0.6) is 0 Å². The Morgan fingerprint density at radius 2 is 1.59 bits per heavy atom. The Balaban J connectivity index is 2.61. The second kappa shape index (κ2) is 9.99. The van der Waals surface area contributed by atoms with Crippen molar-refractivity contribution < 1.29 is 35.5 Å². The molecule has 32 heavy (non-hydrogen) atoms. The summed E-state index contributed by atoms with van der Waals surface area (Å²) in [7, 11) is 1.34. The highest BCUT2D eigenvalue weighted by Crippen LogP contribution is 2.42. The molecule has 0 saturated carbocycles. The fourth-order valence-electron chi connectivity index (χ4n) is 2.80. The van der Waals surface area contributed by atoms with Crippen LogP contribution in [0.15, 0.2) is 36.4 Å². The smallest absolute Gasteiger partial charge is 0.313 e. The molecule has 1 unspecified atom stereocenters. The number of carbonyl (C=O) groups is 1. The second-order valence-electron chi connectivity index (χ2n) is 6.54. The van der Waals surface area contributed by atoms with E-state index in [-0.39, 0.29) is 27.2 Å². The maximum Gasteiger partial charge on any atom is 0.417 e. The van der Waals surface area contributed by atoms with Crippen LogP contribution in [0.3, 0.4) is 0 Å². The third-order valence-electron chi connectivity index (χ3n) is 4.27. The first-order valence-electron chi connectivity index (χ1n) is 8.64. The maximum absolute atomic E-state index is 14.7. The molecule has 0 spiro atoms. The highest BCUT2D eigenvalue weighted by molar-refractivity contribution is 6.48. The number of halogens is 10. The molecule has 2 nitrogen and oxygen atoms in total. The number of nitrogens with one attached hydrogen (secondary N) is 1. The van der Waals surface area contributed by atoms with Crippen LogP contribution >= 0.6 is 34.8 Å². The number of Topliss-reactive ketones (excluding diaryl/α,β-unsaturated/α-hetero) is 1. The number of alkyl halides is 6. The summed E-state index contributed by atoms with van der Waals surface area (Å²) in [6, 6.07) is 3.45. The van der Waals surface area contributed by atoms with Gasteiger partial charge in [-0.3, -0.25) is 4.79 Å². The van der Waals surface area contributed by atoms with Gasteiger partial charge in [-0.1, -0.05) is 46.9 Å². The highest BCUT2D eigenvalue weighted by atomic mass is 35.5. The van der Waals surface area contributed by atoms with Crippen molar-refractivity contribution in [1.82, 2.24) is 5.32 Å². The zero-order valence-electron chi connectivity index (χ0n) is 15.9. The molecule has 1 atom stereocenters. The summed E-state index contributed by atoms with van der Waals surface area (Å²) in [6.45, 7) is -0.422. The zero-order valence-corrected chi connectivity index (χ0v) is 18.2.